The van der Waals surface area contributed by atoms with Crippen molar-refractivity contribution in [3.63, 3.8) is 0 Å². The molecular formula is C17H19N4O9P. The average molecular weight is 454 g/mol. The van der Waals surface area contributed by atoms with E-state index in [1.807, 2.05) is 18.8 Å². The lowest BCUT2D eigenvalue weighted by Crippen LogP contribution is -2.35. The molecular weight excluding hydrogens is 435 g/mol. The normalized spacial score (nSPS) is 24.3. The largest absolute Gasteiger partial charge is 0.469 e. The maximum atomic E-state index is 12.4. The Hall–Kier alpha value is -2.51. The Morgan fingerprint density at radius 2 is 1.84 bits per heavy atom. The fourth-order valence-corrected chi connectivity index (χ4v) is 3.86. The lowest BCUT2D eigenvalue weighted by atomic mass is 10.1. The van der Waals surface area contributed by atoms with Crippen LogP contribution in [0, 0.1) is 13.8 Å². The second-order valence-corrected chi connectivity index (χ2v) is 8.52. The van der Waals surface area contributed by atoms with Crippen LogP contribution in [0.15, 0.2) is 21.7 Å². The van der Waals surface area contributed by atoms with E-state index in [-0.39, 0.29) is 11.5 Å². The van der Waals surface area contributed by atoms with Crippen LogP contribution in [-0.2, 0) is 13.8 Å². The van der Waals surface area contributed by atoms with Crippen molar-refractivity contribution in [1.82, 2.24) is 19.5 Å². The molecule has 1 saturated heterocycles. The number of nitrogens with zero attached hydrogens (tertiary/aromatic N) is 3. The molecule has 0 aromatic heterocycles. The van der Waals surface area contributed by atoms with E-state index < -0.39 is 50.2 Å². The van der Waals surface area contributed by atoms with Gasteiger partial charge in [0.2, 0.25) is 0 Å². The predicted molar refractivity (Wildman–Crippen MR) is 104 cm³/mol. The minimum absolute atomic E-state index is 0.183. The number of hydrogen-bond acceptors (Lipinski definition) is 9. The Labute approximate surface area is 173 Å². The van der Waals surface area contributed by atoms with Crippen molar-refractivity contribution in [2.75, 3.05) is 6.61 Å². The third-order valence-corrected chi connectivity index (χ3v) is 5.65. The van der Waals surface area contributed by atoms with Crippen LogP contribution in [0.1, 0.15) is 17.4 Å². The number of hydrogen-bond donors (Lipinski definition) is 5. The van der Waals surface area contributed by atoms with E-state index in [0.717, 1.165) is 11.1 Å². The summed E-state index contributed by atoms with van der Waals surface area (Å²) in [5.41, 5.74) is 0.503. The molecule has 166 valence electrons. The topological polar surface area (TPSA) is 197 Å². The van der Waals surface area contributed by atoms with Crippen LogP contribution in [0.2, 0.25) is 0 Å². The van der Waals surface area contributed by atoms with Crippen molar-refractivity contribution in [1.29, 1.82) is 0 Å². The molecule has 14 heteroatoms. The monoisotopic (exact) mass is 454 g/mol. The van der Waals surface area contributed by atoms with Gasteiger partial charge in [0.05, 0.1) is 17.6 Å². The summed E-state index contributed by atoms with van der Waals surface area (Å²) in [6.45, 7) is 2.96. The fraction of sp³-hybridized carbons (Fsp3) is 0.412. The average Bonchev–Trinajstić information content (AvgIpc) is 2.94. The van der Waals surface area contributed by atoms with Crippen LogP contribution < -0.4 is 11.2 Å². The highest BCUT2D eigenvalue weighted by Crippen LogP contribution is 2.40. The van der Waals surface area contributed by atoms with Crippen molar-refractivity contribution >= 4 is 18.9 Å². The van der Waals surface area contributed by atoms with E-state index >= 15 is 0 Å². The number of nitrogens with one attached hydrogen (secondary N) is 1. The van der Waals surface area contributed by atoms with E-state index in [9.17, 15) is 24.4 Å². The lowest BCUT2D eigenvalue weighted by Gasteiger charge is -2.24. The number of aromatic amines is 1. The summed E-state index contributed by atoms with van der Waals surface area (Å²) in [7, 11) is -4.85. The maximum Gasteiger partial charge on any atom is 0.469 e. The van der Waals surface area contributed by atoms with Gasteiger partial charge in [-0.25, -0.2) is 14.3 Å². The van der Waals surface area contributed by atoms with Gasteiger partial charge in [-0.15, -0.1) is 0 Å². The van der Waals surface area contributed by atoms with Crippen LogP contribution >= 0.6 is 7.82 Å². The molecule has 31 heavy (non-hydrogen) atoms. The Morgan fingerprint density at radius 1 is 1.16 bits per heavy atom. The molecule has 1 aromatic rings. The van der Waals surface area contributed by atoms with Gasteiger partial charge in [0.25, 0.3) is 5.56 Å². The molecule has 0 amide bonds. The Balaban J connectivity index is 1.92. The second-order valence-electron chi connectivity index (χ2n) is 7.28. The molecule has 3 aliphatic heterocycles. The van der Waals surface area contributed by atoms with Gasteiger partial charge in [0.15, 0.2) is 17.7 Å². The number of fused-ring (bicyclic) bond motifs is 2. The molecule has 3 aliphatic rings. The number of rotatable bonds is 4. The highest BCUT2D eigenvalue weighted by molar-refractivity contribution is 7.46. The number of benzene rings is 1. The summed E-state index contributed by atoms with van der Waals surface area (Å²) in [5, 5.41) is 21.0. The summed E-state index contributed by atoms with van der Waals surface area (Å²) in [4.78, 5) is 52.2. The Bertz CT molecular complexity index is 1300. The molecule has 0 spiro atoms. The quantitative estimate of drug-likeness (QED) is 0.238. The molecule has 4 rings (SSSR count). The van der Waals surface area contributed by atoms with Crippen molar-refractivity contribution in [3.8, 4) is 11.5 Å². The summed E-state index contributed by atoms with van der Waals surface area (Å²) >= 11 is 0. The van der Waals surface area contributed by atoms with Gasteiger partial charge in [-0.3, -0.25) is 18.9 Å². The third-order valence-electron chi connectivity index (χ3n) is 5.16. The molecule has 1 fully saturated rings. The number of aliphatic hydroxyl groups is 2. The first-order valence-electron chi connectivity index (χ1n) is 9.11. The van der Waals surface area contributed by atoms with E-state index in [1.165, 1.54) is 4.57 Å². The van der Waals surface area contributed by atoms with Gasteiger partial charge >= 0.3 is 13.5 Å². The summed E-state index contributed by atoms with van der Waals surface area (Å²) < 4.78 is 22.3. The standard InChI is InChI=1S/C17H19N4O9P/c1-6-3-8-9(4-7(6)2)21(14-11(18-8)15(24)20-17(25)19-14)16-13(23)12(22)10(30-16)5-29-31(26,27)28/h3-4,10,12-13,16,22-23H,5H2,1-2H3,(H,20,24,25)(H2,26,27,28)/t10-,12-,13-,16-/m1/s1. The molecule has 0 bridgehead atoms. The van der Waals surface area contributed by atoms with Crippen LogP contribution in [0.3, 0.4) is 0 Å². The van der Waals surface area contributed by atoms with Crippen molar-refractivity contribution in [2.45, 2.75) is 38.4 Å². The number of aliphatic hydroxyl groups excluding tert-OH is 2. The molecule has 3 heterocycles. The Morgan fingerprint density at radius 3 is 2.52 bits per heavy atom. The SMILES string of the molecule is Cc1cc2nc3c(=O)[nH]c(=O)nc-3n([C@@H]3O[C@H](COP(=O)(O)O)[C@@H](O)[C@H]3O)c2cc1C. The number of aryl methyl sites for hydroxylation is 2. The van der Waals surface area contributed by atoms with Crippen LogP contribution in [-0.4, -0.2) is 64.4 Å². The van der Waals surface area contributed by atoms with E-state index in [1.54, 1.807) is 12.1 Å². The van der Waals surface area contributed by atoms with Gasteiger partial charge in [-0.1, -0.05) is 0 Å². The molecule has 13 nitrogen and oxygen atoms in total. The molecule has 0 saturated carbocycles. The zero-order valence-electron chi connectivity index (χ0n) is 16.3. The molecule has 1 aromatic carbocycles. The second kappa shape index (κ2) is 7.57. The first-order chi connectivity index (χ1) is 14.5. The highest BCUT2D eigenvalue weighted by Gasteiger charge is 2.46. The number of aromatic nitrogens is 4. The van der Waals surface area contributed by atoms with Gasteiger partial charge in [-0.05, 0) is 37.1 Å². The zero-order chi connectivity index (χ0) is 22.7. The van der Waals surface area contributed by atoms with E-state index in [0.29, 0.717) is 11.0 Å². The smallest absolute Gasteiger partial charge is 0.387 e. The summed E-state index contributed by atoms with van der Waals surface area (Å²) in [6.07, 6.45) is -5.84. The van der Waals surface area contributed by atoms with E-state index in [2.05, 4.69) is 14.5 Å². The molecule has 0 radical (unpaired) electrons. The van der Waals surface area contributed by atoms with Gasteiger partial charge < -0.3 is 24.7 Å². The first-order valence-corrected chi connectivity index (χ1v) is 10.6. The minimum Gasteiger partial charge on any atom is -0.387 e. The lowest BCUT2D eigenvalue weighted by molar-refractivity contribution is -0.0498. The summed E-state index contributed by atoms with van der Waals surface area (Å²) in [5.74, 6) is -0.183. The Kier molecular flexibility index (Phi) is 5.30. The summed E-state index contributed by atoms with van der Waals surface area (Å²) in [6, 6.07) is 3.41. The number of H-pyrrole nitrogens is 1. The van der Waals surface area contributed by atoms with Crippen LogP contribution in [0.4, 0.5) is 0 Å². The zero-order valence-corrected chi connectivity index (χ0v) is 17.2. The van der Waals surface area contributed by atoms with Crippen molar-refractivity contribution < 1.29 is 33.8 Å². The fourth-order valence-electron chi connectivity index (χ4n) is 3.51. The highest BCUT2D eigenvalue weighted by atomic mass is 31.2. The maximum absolute atomic E-state index is 12.4. The number of ether oxygens (including phenoxy) is 1. The van der Waals surface area contributed by atoms with Gasteiger partial charge in [0.1, 0.15) is 18.3 Å². The molecule has 0 aliphatic carbocycles. The number of phosphoric ester groups is 1. The van der Waals surface area contributed by atoms with Gasteiger partial charge in [-0.2, -0.15) is 4.98 Å². The predicted octanol–water partition coefficient (Wildman–Crippen LogP) is -1.07. The van der Waals surface area contributed by atoms with Crippen LogP contribution in [0.25, 0.3) is 22.6 Å². The van der Waals surface area contributed by atoms with Crippen LogP contribution in [0.5, 0.6) is 0 Å². The molecule has 5 N–H and O–H groups in total. The molecule has 4 atom stereocenters. The van der Waals surface area contributed by atoms with E-state index in [4.69, 9.17) is 14.5 Å². The van der Waals surface area contributed by atoms with Crippen molar-refractivity contribution in [2.24, 2.45) is 0 Å². The minimum atomic E-state index is -4.85. The third kappa shape index (κ3) is 3.92. The number of phosphoric acid groups is 1. The molecule has 0 unspecified atom stereocenters. The van der Waals surface area contributed by atoms with Crippen molar-refractivity contribution in [3.05, 3.63) is 44.1 Å². The van der Waals surface area contributed by atoms with Gasteiger partial charge in [0, 0.05) is 0 Å². The first kappa shape index (κ1) is 21.7.